The molecule has 3 heterocycles. The molecule has 2 fully saturated rings. The number of ether oxygens (including phenoxy) is 1. The van der Waals surface area contributed by atoms with Crippen LogP contribution in [0, 0.1) is 0 Å². The van der Waals surface area contributed by atoms with Crippen LogP contribution in [0.1, 0.15) is 61.9 Å². The Morgan fingerprint density at radius 1 is 1.17 bits per heavy atom. The third kappa shape index (κ3) is 5.61. The van der Waals surface area contributed by atoms with Gasteiger partial charge in [-0.15, -0.1) is 0 Å². The number of carbonyl (C=O) groups is 2. The summed E-state index contributed by atoms with van der Waals surface area (Å²) in [6.07, 6.45) is 10.9. The number of pyridine rings is 1. The fraction of sp³-hybridized carbons (Fsp3) is 0.448. The maximum Gasteiger partial charge on any atom is 0.429 e. The van der Waals surface area contributed by atoms with E-state index < -0.39 is 11.7 Å². The summed E-state index contributed by atoms with van der Waals surface area (Å²) >= 11 is 0. The molecule has 2 aliphatic carbocycles. The predicted octanol–water partition coefficient (Wildman–Crippen LogP) is 4.93. The summed E-state index contributed by atoms with van der Waals surface area (Å²) < 4.78 is 7.48. The van der Waals surface area contributed by atoms with Crippen molar-refractivity contribution in [3.63, 3.8) is 0 Å². The van der Waals surface area contributed by atoms with Gasteiger partial charge >= 0.3 is 6.09 Å². The highest BCUT2D eigenvalue weighted by Gasteiger charge is 2.43. The molecule has 6 rings (SSSR count). The monoisotopic (exact) mass is 555 g/mol. The third-order valence-corrected chi connectivity index (χ3v) is 7.91. The van der Waals surface area contributed by atoms with E-state index in [1.807, 2.05) is 41.2 Å². The van der Waals surface area contributed by atoms with Gasteiger partial charge in [-0.3, -0.25) is 14.5 Å². The minimum Gasteiger partial charge on any atom is -0.442 e. The highest BCUT2D eigenvalue weighted by molar-refractivity contribution is 6.06. The molecule has 212 valence electrons. The Kier molecular flexibility index (Phi) is 7.10. The minimum atomic E-state index is -0.929. The van der Waals surface area contributed by atoms with Crippen molar-refractivity contribution in [2.24, 2.45) is 5.11 Å². The predicted molar refractivity (Wildman–Crippen MR) is 151 cm³/mol. The van der Waals surface area contributed by atoms with Gasteiger partial charge in [0.2, 0.25) is 0 Å². The summed E-state index contributed by atoms with van der Waals surface area (Å²) in [6, 6.07) is 10.0. The van der Waals surface area contributed by atoms with Gasteiger partial charge in [-0.25, -0.2) is 15.2 Å². The number of amides is 2. The number of azide groups is 1. The van der Waals surface area contributed by atoms with Gasteiger partial charge in [-0.2, -0.15) is 5.10 Å². The first-order valence-electron chi connectivity index (χ1n) is 14.0. The molecule has 0 bridgehead atoms. The van der Waals surface area contributed by atoms with E-state index in [1.165, 1.54) is 5.01 Å². The van der Waals surface area contributed by atoms with E-state index in [9.17, 15) is 9.59 Å². The van der Waals surface area contributed by atoms with Crippen LogP contribution in [0.5, 0.6) is 0 Å². The fourth-order valence-electron chi connectivity index (χ4n) is 5.79. The number of carbonyl (C=O) groups excluding carboxylic acids is 2. The average Bonchev–Trinajstić information content (AvgIpc) is 3.56. The van der Waals surface area contributed by atoms with E-state index in [1.54, 1.807) is 32.4 Å². The Morgan fingerprint density at radius 3 is 2.76 bits per heavy atom. The van der Waals surface area contributed by atoms with Gasteiger partial charge < -0.3 is 9.64 Å². The van der Waals surface area contributed by atoms with Gasteiger partial charge in [0.1, 0.15) is 5.60 Å². The van der Waals surface area contributed by atoms with Crippen molar-refractivity contribution in [3.8, 4) is 0 Å². The first kappa shape index (κ1) is 26.8. The van der Waals surface area contributed by atoms with Crippen molar-refractivity contribution in [2.45, 2.75) is 76.2 Å². The number of nitrogens with zero attached hydrogens (tertiary/aromatic N) is 8. The van der Waals surface area contributed by atoms with Crippen LogP contribution in [0.2, 0.25) is 0 Å². The van der Waals surface area contributed by atoms with E-state index in [4.69, 9.17) is 10.3 Å². The van der Waals surface area contributed by atoms with Crippen LogP contribution in [-0.2, 0) is 11.3 Å². The van der Waals surface area contributed by atoms with Crippen LogP contribution in [0.4, 0.5) is 4.79 Å². The van der Waals surface area contributed by atoms with Crippen molar-refractivity contribution < 1.29 is 14.3 Å². The summed E-state index contributed by atoms with van der Waals surface area (Å²) in [7, 11) is 0. The van der Waals surface area contributed by atoms with Gasteiger partial charge in [0.25, 0.3) is 5.91 Å². The second kappa shape index (κ2) is 10.9. The Hall–Kier alpha value is -4.41. The van der Waals surface area contributed by atoms with Crippen LogP contribution in [0.3, 0.4) is 0 Å². The van der Waals surface area contributed by atoms with Gasteiger partial charge in [0, 0.05) is 47.0 Å². The number of hydrazine groups is 1. The number of rotatable bonds is 8. The van der Waals surface area contributed by atoms with Crippen LogP contribution in [0.15, 0.2) is 65.8 Å². The fourth-order valence-corrected chi connectivity index (χ4v) is 5.79. The lowest BCUT2D eigenvalue weighted by Crippen LogP contribution is -2.48. The van der Waals surface area contributed by atoms with Gasteiger partial charge in [0.05, 0.1) is 30.4 Å². The summed E-state index contributed by atoms with van der Waals surface area (Å²) in [5.41, 5.74) is 14.6. The molecular formula is C29H33N9O3. The molecule has 3 aliphatic rings. The second-order valence-electron chi connectivity index (χ2n) is 11.6. The van der Waals surface area contributed by atoms with Crippen molar-refractivity contribution >= 4 is 22.9 Å². The molecule has 0 saturated heterocycles. The second-order valence-corrected chi connectivity index (χ2v) is 11.6. The lowest BCUT2D eigenvalue weighted by molar-refractivity contribution is 0.0196. The zero-order valence-electron chi connectivity index (χ0n) is 23.2. The van der Waals surface area contributed by atoms with Gasteiger partial charge in [-0.05, 0) is 80.8 Å². The van der Waals surface area contributed by atoms with Gasteiger partial charge in [-0.1, -0.05) is 17.2 Å². The summed E-state index contributed by atoms with van der Waals surface area (Å²) in [5, 5.41) is 10.4. The van der Waals surface area contributed by atoms with Crippen LogP contribution < -0.4 is 5.43 Å². The molecular weight excluding hydrogens is 522 g/mol. The lowest BCUT2D eigenvalue weighted by atomic mass is 9.86. The minimum absolute atomic E-state index is 0.0179. The Balaban J connectivity index is 1.19. The smallest absolute Gasteiger partial charge is 0.429 e. The van der Waals surface area contributed by atoms with Crippen molar-refractivity contribution in [2.75, 3.05) is 6.54 Å². The van der Waals surface area contributed by atoms with Crippen LogP contribution in [0.25, 0.3) is 21.3 Å². The molecule has 12 heteroatoms. The molecule has 3 aromatic rings. The molecule has 1 aliphatic heterocycles. The highest BCUT2D eigenvalue weighted by Crippen LogP contribution is 2.39. The average molecular weight is 556 g/mol. The maximum atomic E-state index is 14.1. The number of hydrogen-bond donors (Lipinski definition) is 1. The molecule has 2 amide bonds. The molecule has 41 heavy (non-hydrogen) atoms. The quantitative estimate of drug-likeness (QED) is 0.237. The molecule has 2 aromatic heterocycles. The molecule has 0 radical (unpaired) electrons. The molecule has 1 aromatic carbocycles. The zero-order valence-corrected chi connectivity index (χ0v) is 23.2. The maximum absolute atomic E-state index is 14.1. The first-order valence-corrected chi connectivity index (χ1v) is 14.0. The molecule has 2 saturated carbocycles. The van der Waals surface area contributed by atoms with Crippen LogP contribution in [-0.4, -0.2) is 66.9 Å². The number of benzene rings is 1. The van der Waals surface area contributed by atoms with E-state index in [2.05, 4.69) is 30.4 Å². The van der Waals surface area contributed by atoms with Crippen molar-refractivity contribution in [1.29, 1.82) is 0 Å². The summed E-state index contributed by atoms with van der Waals surface area (Å²) in [6.45, 7) is 4.02. The lowest BCUT2D eigenvalue weighted by Gasteiger charge is -2.37. The SMILES string of the molecule is CC(C)(CN=[N+]=[N-])OC(=O)N1C=C2CC(N(C(=O)c3cccc4c3cnn4Cc3cccnc3)C3CC3)CCC2N1. The van der Waals surface area contributed by atoms with E-state index in [0.717, 1.165) is 47.7 Å². The molecule has 2 unspecified atom stereocenters. The standard InChI is InChI=1S/C29H33N9O3/c1-29(2,18-32-35-30)41-28(40)37-17-20-13-22(10-11-25(20)34-37)38(21-8-9-21)27(39)23-6-3-7-26-24(23)15-33-36(26)16-19-5-4-12-31-14-19/h3-7,12,14-15,17,21-22,25,34H,8-11,13,16,18H2,1-2H3. The van der Waals surface area contributed by atoms with Gasteiger partial charge in [0.15, 0.2) is 0 Å². The number of fused-ring (bicyclic) bond motifs is 2. The van der Waals surface area contributed by atoms with E-state index >= 15 is 0 Å². The molecule has 2 atom stereocenters. The Morgan fingerprint density at radius 2 is 2.00 bits per heavy atom. The zero-order chi connectivity index (χ0) is 28.6. The molecule has 1 N–H and O–H groups in total. The largest absolute Gasteiger partial charge is 0.442 e. The van der Waals surface area contributed by atoms with Crippen LogP contribution >= 0.6 is 0 Å². The highest BCUT2D eigenvalue weighted by atomic mass is 16.6. The topological polar surface area (TPSA) is 141 Å². The number of nitrogens with one attached hydrogen (secondary N) is 1. The number of hydrogen-bond acceptors (Lipinski definition) is 7. The Labute approximate surface area is 237 Å². The normalized spacial score (nSPS) is 20.2. The van der Waals surface area contributed by atoms with Crippen molar-refractivity contribution in [1.82, 2.24) is 30.1 Å². The first-order chi connectivity index (χ1) is 19.8. The van der Waals surface area contributed by atoms with E-state index in [0.29, 0.717) is 18.5 Å². The Bertz CT molecular complexity index is 1540. The molecule has 0 spiro atoms. The summed E-state index contributed by atoms with van der Waals surface area (Å²) in [4.78, 5) is 36.0. The van der Waals surface area contributed by atoms with Crippen molar-refractivity contribution in [3.05, 3.63) is 82.3 Å². The number of aromatic nitrogens is 3. The summed E-state index contributed by atoms with van der Waals surface area (Å²) in [5.74, 6) is 0.0325. The third-order valence-electron chi connectivity index (χ3n) is 7.91. The van der Waals surface area contributed by atoms with E-state index in [-0.39, 0.29) is 30.6 Å². The molecule has 12 nitrogen and oxygen atoms in total.